The number of amides is 1. The van der Waals surface area contributed by atoms with Crippen LogP contribution < -0.4 is 4.31 Å². The van der Waals surface area contributed by atoms with Gasteiger partial charge in [-0.05, 0) is 55.0 Å². The summed E-state index contributed by atoms with van der Waals surface area (Å²) < 4.78 is 25.8. The highest BCUT2D eigenvalue weighted by atomic mass is 32.2. The molecule has 3 rings (SSSR count). The van der Waals surface area contributed by atoms with Gasteiger partial charge in [0.2, 0.25) is 15.9 Å². The molecule has 0 atom stereocenters. The number of phenols is 1. The van der Waals surface area contributed by atoms with Gasteiger partial charge >= 0.3 is 0 Å². The Morgan fingerprint density at radius 3 is 2.29 bits per heavy atom. The van der Waals surface area contributed by atoms with E-state index in [9.17, 15) is 18.3 Å². The Hall–Kier alpha value is -2.54. The highest BCUT2D eigenvalue weighted by Gasteiger charge is 2.28. The molecule has 6 nitrogen and oxygen atoms in total. The molecule has 2 aromatic carbocycles. The zero-order chi connectivity index (χ0) is 20.3. The highest BCUT2D eigenvalue weighted by Crippen LogP contribution is 2.29. The number of phenolic OH excluding ortho intramolecular Hbond substituents is 1. The van der Waals surface area contributed by atoms with Gasteiger partial charge in [0.15, 0.2) is 0 Å². The first-order valence-electron chi connectivity index (χ1n) is 9.36. The number of nitrogens with zero attached hydrogens (tertiary/aromatic N) is 2. The summed E-state index contributed by atoms with van der Waals surface area (Å²) in [6.45, 7) is 2.83. The molecule has 1 N–H and O–H groups in total. The minimum Gasteiger partial charge on any atom is -0.508 e. The van der Waals surface area contributed by atoms with Crippen molar-refractivity contribution in [2.24, 2.45) is 0 Å². The van der Waals surface area contributed by atoms with E-state index >= 15 is 0 Å². The van der Waals surface area contributed by atoms with E-state index in [1.165, 1.54) is 4.31 Å². The molecule has 1 aliphatic heterocycles. The Balaban J connectivity index is 1.67. The first-order valence-corrected chi connectivity index (χ1v) is 11.2. The highest BCUT2D eigenvalue weighted by molar-refractivity contribution is 7.92. The third-order valence-corrected chi connectivity index (χ3v) is 6.40. The lowest BCUT2D eigenvalue weighted by Crippen LogP contribution is -2.45. The molecule has 2 aromatic rings. The SMILES string of the molecule is Cc1ccccc1N(CC(=O)N1CCC(c2ccc(O)cc2)CC1)S(C)(=O)=O. The van der Waals surface area contributed by atoms with Gasteiger partial charge in [-0.1, -0.05) is 30.3 Å². The van der Waals surface area contributed by atoms with E-state index in [0.717, 1.165) is 30.2 Å². The Morgan fingerprint density at radius 1 is 1.11 bits per heavy atom. The molecule has 1 heterocycles. The third-order valence-electron chi connectivity index (χ3n) is 5.28. The maximum Gasteiger partial charge on any atom is 0.243 e. The van der Waals surface area contributed by atoms with Crippen molar-refractivity contribution >= 4 is 21.6 Å². The second-order valence-electron chi connectivity index (χ2n) is 7.30. The lowest BCUT2D eigenvalue weighted by molar-refractivity contribution is -0.130. The molecule has 0 unspecified atom stereocenters. The lowest BCUT2D eigenvalue weighted by atomic mass is 9.89. The van der Waals surface area contributed by atoms with Gasteiger partial charge in [0.1, 0.15) is 12.3 Å². The quantitative estimate of drug-likeness (QED) is 0.834. The predicted molar refractivity (Wildman–Crippen MR) is 110 cm³/mol. The van der Waals surface area contributed by atoms with Crippen molar-refractivity contribution < 1.29 is 18.3 Å². The molecule has 0 bridgehead atoms. The summed E-state index contributed by atoms with van der Waals surface area (Å²) >= 11 is 0. The van der Waals surface area contributed by atoms with Crippen molar-refractivity contribution in [3.05, 3.63) is 59.7 Å². The summed E-state index contributed by atoms with van der Waals surface area (Å²) in [6, 6.07) is 14.4. The number of para-hydroxylation sites is 1. The molecule has 7 heteroatoms. The minimum atomic E-state index is -3.57. The molecular formula is C21H26N2O4S. The van der Waals surface area contributed by atoms with Crippen LogP contribution in [0.5, 0.6) is 5.75 Å². The second kappa shape index (κ2) is 8.22. The molecule has 150 valence electrons. The van der Waals surface area contributed by atoms with E-state index in [2.05, 4.69) is 0 Å². The van der Waals surface area contributed by atoms with E-state index in [-0.39, 0.29) is 18.2 Å². The normalized spacial score (nSPS) is 15.4. The number of anilines is 1. The number of carbonyl (C=O) groups is 1. The fourth-order valence-electron chi connectivity index (χ4n) is 3.66. The average molecular weight is 403 g/mol. The summed E-state index contributed by atoms with van der Waals surface area (Å²) in [5.74, 6) is 0.401. The monoisotopic (exact) mass is 402 g/mol. The van der Waals surface area contributed by atoms with Crippen LogP contribution >= 0.6 is 0 Å². The topological polar surface area (TPSA) is 77.9 Å². The molecule has 1 saturated heterocycles. The Kier molecular flexibility index (Phi) is 5.93. The number of sulfonamides is 1. The van der Waals surface area contributed by atoms with Crippen LogP contribution in [0.25, 0.3) is 0 Å². The van der Waals surface area contributed by atoms with Gasteiger partial charge in [0, 0.05) is 13.1 Å². The Bertz CT molecular complexity index is 933. The molecule has 28 heavy (non-hydrogen) atoms. The minimum absolute atomic E-state index is 0.183. The number of carbonyl (C=O) groups excluding carboxylic acids is 1. The summed E-state index contributed by atoms with van der Waals surface area (Å²) in [5.41, 5.74) is 2.51. The van der Waals surface area contributed by atoms with Gasteiger partial charge in [-0.2, -0.15) is 0 Å². The average Bonchev–Trinajstić information content (AvgIpc) is 2.66. The van der Waals surface area contributed by atoms with Gasteiger partial charge in [0.05, 0.1) is 11.9 Å². The van der Waals surface area contributed by atoms with Crippen molar-refractivity contribution in [2.75, 3.05) is 30.2 Å². The number of hydrogen-bond acceptors (Lipinski definition) is 4. The Labute approximate surface area is 166 Å². The van der Waals surface area contributed by atoms with Crippen molar-refractivity contribution in [3.63, 3.8) is 0 Å². The number of rotatable bonds is 5. The first kappa shape index (κ1) is 20.2. The van der Waals surface area contributed by atoms with Gasteiger partial charge in [-0.3, -0.25) is 9.10 Å². The number of aromatic hydroxyl groups is 1. The van der Waals surface area contributed by atoms with Crippen LogP contribution in [0.1, 0.15) is 29.9 Å². The molecule has 1 aliphatic rings. The van der Waals surface area contributed by atoms with Crippen LogP contribution in [0.3, 0.4) is 0 Å². The van der Waals surface area contributed by atoms with E-state index in [0.29, 0.717) is 24.7 Å². The van der Waals surface area contributed by atoms with Gasteiger partial charge in [-0.25, -0.2) is 8.42 Å². The van der Waals surface area contributed by atoms with E-state index in [1.54, 1.807) is 29.2 Å². The van der Waals surface area contributed by atoms with Gasteiger partial charge < -0.3 is 10.0 Å². The first-order chi connectivity index (χ1) is 13.3. The molecular weight excluding hydrogens is 376 g/mol. The summed E-state index contributed by atoms with van der Waals surface area (Å²) in [6.07, 6.45) is 2.77. The predicted octanol–water partition coefficient (Wildman–Crippen LogP) is 2.87. The third kappa shape index (κ3) is 4.65. The molecule has 0 spiro atoms. The molecule has 0 aliphatic carbocycles. The van der Waals surface area contributed by atoms with Crippen LogP contribution in [0.15, 0.2) is 48.5 Å². The number of piperidine rings is 1. The zero-order valence-electron chi connectivity index (χ0n) is 16.2. The number of likely N-dealkylation sites (tertiary alicyclic amines) is 1. The van der Waals surface area contributed by atoms with Crippen LogP contribution in [-0.4, -0.2) is 50.2 Å². The summed E-state index contributed by atoms with van der Waals surface area (Å²) in [5, 5.41) is 9.43. The van der Waals surface area contributed by atoms with Crippen molar-refractivity contribution in [1.82, 2.24) is 4.90 Å². The number of hydrogen-bond donors (Lipinski definition) is 1. The van der Waals surface area contributed by atoms with Crippen molar-refractivity contribution in [2.45, 2.75) is 25.7 Å². The standard InChI is InChI=1S/C21H26N2O4S/c1-16-5-3-4-6-20(16)23(28(2,26)27)15-21(25)22-13-11-18(12-14-22)17-7-9-19(24)10-8-17/h3-10,18,24H,11-15H2,1-2H3. The van der Waals surface area contributed by atoms with E-state index in [4.69, 9.17) is 0 Å². The largest absolute Gasteiger partial charge is 0.508 e. The number of benzene rings is 2. The van der Waals surface area contributed by atoms with Gasteiger partial charge in [0.25, 0.3) is 0 Å². The van der Waals surface area contributed by atoms with Crippen LogP contribution in [0, 0.1) is 6.92 Å². The summed E-state index contributed by atoms with van der Waals surface area (Å²) in [4.78, 5) is 14.6. The zero-order valence-corrected chi connectivity index (χ0v) is 17.0. The van der Waals surface area contributed by atoms with Crippen molar-refractivity contribution in [3.8, 4) is 5.75 Å². The molecule has 1 amide bonds. The van der Waals surface area contributed by atoms with E-state index < -0.39 is 10.0 Å². The van der Waals surface area contributed by atoms with Crippen LogP contribution in [0.4, 0.5) is 5.69 Å². The van der Waals surface area contributed by atoms with Crippen LogP contribution in [-0.2, 0) is 14.8 Å². The maximum atomic E-state index is 12.8. The fraction of sp³-hybridized carbons (Fsp3) is 0.381. The van der Waals surface area contributed by atoms with Crippen molar-refractivity contribution in [1.29, 1.82) is 0 Å². The van der Waals surface area contributed by atoms with E-state index in [1.807, 2.05) is 31.2 Å². The second-order valence-corrected chi connectivity index (χ2v) is 9.21. The lowest BCUT2D eigenvalue weighted by Gasteiger charge is -2.34. The molecule has 0 saturated carbocycles. The number of aryl methyl sites for hydroxylation is 1. The maximum absolute atomic E-state index is 12.8. The molecule has 0 radical (unpaired) electrons. The summed E-state index contributed by atoms with van der Waals surface area (Å²) in [7, 11) is -3.57. The molecule has 1 fully saturated rings. The van der Waals surface area contributed by atoms with Crippen LogP contribution in [0.2, 0.25) is 0 Å². The Morgan fingerprint density at radius 2 is 1.71 bits per heavy atom. The molecule has 0 aromatic heterocycles. The van der Waals surface area contributed by atoms with Gasteiger partial charge in [-0.15, -0.1) is 0 Å². The fourth-order valence-corrected chi connectivity index (χ4v) is 4.56. The smallest absolute Gasteiger partial charge is 0.243 e.